The third-order valence-corrected chi connectivity index (χ3v) is 7.27. The van der Waals surface area contributed by atoms with E-state index < -0.39 is 32.5 Å². The molecule has 1 aliphatic rings. The van der Waals surface area contributed by atoms with Crippen molar-refractivity contribution in [2.75, 3.05) is 19.6 Å². The quantitative estimate of drug-likeness (QED) is 0.533. The molecule has 1 saturated heterocycles. The fourth-order valence-corrected chi connectivity index (χ4v) is 5.35. The van der Waals surface area contributed by atoms with Crippen molar-refractivity contribution in [1.29, 1.82) is 0 Å². The maximum absolute atomic E-state index is 14.4. The molecular weight excluding hydrogens is 478 g/mol. The van der Waals surface area contributed by atoms with Gasteiger partial charge < -0.3 is 4.90 Å². The van der Waals surface area contributed by atoms with E-state index in [0.717, 1.165) is 12.1 Å². The highest BCUT2D eigenvalue weighted by Crippen LogP contribution is 2.25. The van der Waals surface area contributed by atoms with Crippen LogP contribution in [0.25, 0.3) is 0 Å². The van der Waals surface area contributed by atoms with Gasteiger partial charge in [-0.15, -0.1) is 6.58 Å². The highest BCUT2D eigenvalue weighted by Gasteiger charge is 2.31. The van der Waals surface area contributed by atoms with Crippen molar-refractivity contribution < 1.29 is 22.0 Å². The van der Waals surface area contributed by atoms with E-state index in [0.29, 0.717) is 30.4 Å². The molecule has 1 heterocycles. The van der Waals surface area contributed by atoms with Crippen LogP contribution in [0, 0.1) is 11.6 Å². The van der Waals surface area contributed by atoms with Crippen molar-refractivity contribution in [1.82, 2.24) is 9.21 Å². The molecule has 0 atom stereocenters. The van der Waals surface area contributed by atoms with Gasteiger partial charge in [-0.1, -0.05) is 22.0 Å². The largest absolute Gasteiger partial charge is 0.330 e. The first-order valence-corrected chi connectivity index (χ1v) is 11.6. The number of halogens is 3. The Morgan fingerprint density at radius 1 is 1.13 bits per heavy atom. The van der Waals surface area contributed by atoms with E-state index in [2.05, 4.69) is 22.5 Å². The van der Waals surface area contributed by atoms with Crippen LogP contribution in [0.15, 0.2) is 58.4 Å². The van der Waals surface area contributed by atoms with Gasteiger partial charge >= 0.3 is 0 Å². The molecular formula is C21H21BrF2N2O3S. The van der Waals surface area contributed by atoms with E-state index in [9.17, 15) is 22.0 Å². The zero-order valence-electron chi connectivity index (χ0n) is 16.2. The van der Waals surface area contributed by atoms with E-state index in [1.165, 1.54) is 27.4 Å². The second-order valence-electron chi connectivity index (χ2n) is 6.97. The maximum atomic E-state index is 14.4. The van der Waals surface area contributed by atoms with Crippen LogP contribution in [0.1, 0.15) is 28.8 Å². The monoisotopic (exact) mass is 498 g/mol. The van der Waals surface area contributed by atoms with Crippen molar-refractivity contribution in [2.45, 2.75) is 24.3 Å². The van der Waals surface area contributed by atoms with Gasteiger partial charge in [-0.05, 0) is 49.2 Å². The Bertz CT molecular complexity index is 1070. The number of hydrogen-bond donors (Lipinski definition) is 0. The zero-order chi connectivity index (χ0) is 21.9. The number of rotatable bonds is 7. The first kappa shape index (κ1) is 22.6. The molecule has 1 aliphatic heterocycles. The highest BCUT2D eigenvalue weighted by atomic mass is 79.9. The lowest BCUT2D eigenvalue weighted by Crippen LogP contribution is -2.32. The van der Waals surface area contributed by atoms with Gasteiger partial charge in [-0.25, -0.2) is 17.2 Å². The van der Waals surface area contributed by atoms with Gasteiger partial charge in [0.2, 0.25) is 10.0 Å². The molecule has 0 N–H and O–H groups in total. The molecule has 1 amide bonds. The lowest BCUT2D eigenvalue weighted by atomic mass is 10.1. The van der Waals surface area contributed by atoms with Gasteiger partial charge in [0.15, 0.2) is 0 Å². The Kier molecular flexibility index (Phi) is 7.05. The van der Waals surface area contributed by atoms with Crippen LogP contribution in [0.2, 0.25) is 0 Å². The fourth-order valence-electron chi connectivity index (χ4n) is 3.33. The summed E-state index contributed by atoms with van der Waals surface area (Å²) in [5, 5.41) is 0. The lowest BCUT2D eigenvalue weighted by molar-refractivity contribution is 0.0761. The van der Waals surface area contributed by atoms with Crippen molar-refractivity contribution >= 4 is 31.9 Å². The second kappa shape index (κ2) is 9.36. The van der Waals surface area contributed by atoms with E-state index >= 15 is 0 Å². The van der Waals surface area contributed by atoms with E-state index in [4.69, 9.17) is 0 Å². The standard InChI is InChI=1S/C21H21BrF2N2O3S/c1-2-9-25(14-16-12-17(22)6-8-18(16)23)21(27)15-5-7-19(24)20(13-15)30(28,29)26-10-3-4-11-26/h2,5-8,12-13H,1,3-4,9-11,14H2. The van der Waals surface area contributed by atoms with Crippen LogP contribution in [0.4, 0.5) is 8.78 Å². The molecule has 0 unspecified atom stereocenters. The SMILES string of the molecule is C=CCN(Cc1cc(Br)ccc1F)C(=O)c1ccc(F)c(S(=O)(=O)N2CCCC2)c1. The summed E-state index contributed by atoms with van der Waals surface area (Å²) < 4.78 is 56.0. The minimum Gasteiger partial charge on any atom is -0.330 e. The minimum absolute atomic E-state index is 0.00595. The Balaban J connectivity index is 1.93. The summed E-state index contributed by atoms with van der Waals surface area (Å²) in [6.45, 7) is 4.32. The summed E-state index contributed by atoms with van der Waals surface area (Å²) in [4.78, 5) is 13.9. The van der Waals surface area contributed by atoms with Crippen LogP contribution in [0.5, 0.6) is 0 Å². The number of benzene rings is 2. The van der Waals surface area contributed by atoms with E-state index in [1.54, 1.807) is 12.1 Å². The minimum atomic E-state index is -4.03. The average Bonchev–Trinajstić information content (AvgIpc) is 3.26. The van der Waals surface area contributed by atoms with Crippen LogP contribution >= 0.6 is 15.9 Å². The smallest absolute Gasteiger partial charge is 0.254 e. The van der Waals surface area contributed by atoms with Crippen molar-refractivity contribution in [3.63, 3.8) is 0 Å². The van der Waals surface area contributed by atoms with Crippen molar-refractivity contribution in [2.24, 2.45) is 0 Å². The summed E-state index contributed by atoms with van der Waals surface area (Å²) in [6.07, 6.45) is 2.91. The molecule has 5 nitrogen and oxygen atoms in total. The molecule has 0 saturated carbocycles. The normalized spacial score (nSPS) is 14.6. The third-order valence-electron chi connectivity index (χ3n) is 4.87. The number of amides is 1. The van der Waals surface area contributed by atoms with Gasteiger partial charge in [0.25, 0.3) is 5.91 Å². The van der Waals surface area contributed by atoms with Gasteiger partial charge in [-0.2, -0.15) is 4.31 Å². The van der Waals surface area contributed by atoms with Crippen LogP contribution in [0.3, 0.4) is 0 Å². The molecule has 3 rings (SSSR count). The summed E-state index contributed by atoms with van der Waals surface area (Å²) in [5.74, 6) is -1.93. The molecule has 9 heteroatoms. The number of nitrogens with zero attached hydrogens (tertiary/aromatic N) is 2. The summed E-state index contributed by atoms with van der Waals surface area (Å²) in [7, 11) is -4.03. The number of carbonyl (C=O) groups is 1. The third kappa shape index (κ3) is 4.79. The van der Waals surface area contributed by atoms with Gasteiger partial charge in [-0.3, -0.25) is 4.79 Å². The highest BCUT2D eigenvalue weighted by molar-refractivity contribution is 9.10. The van der Waals surface area contributed by atoms with Crippen LogP contribution in [-0.2, 0) is 16.6 Å². The Labute approximate surface area is 183 Å². The van der Waals surface area contributed by atoms with Crippen molar-refractivity contribution in [3.8, 4) is 0 Å². The average molecular weight is 499 g/mol. The molecule has 2 aromatic rings. The van der Waals surface area contributed by atoms with Crippen molar-refractivity contribution in [3.05, 3.63) is 76.3 Å². The summed E-state index contributed by atoms with van der Waals surface area (Å²) in [5.41, 5.74) is 0.290. The maximum Gasteiger partial charge on any atom is 0.254 e. The molecule has 0 spiro atoms. The molecule has 1 fully saturated rings. The van der Waals surface area contributed by atoms with Gasteiger partial charge in [0.05, 0.1) is 0 Å². The first-order valence-electron chi connectivity index (χ1n) is 9.38. The molecule has 30 heavy (non-hydrogen) atoms. The molecule has 0 radical (unpaired) electrons. The zero-order valence-corrected chi connectivity index (χ0v) is 18.6. The first-order chi connectivity index (χ1) is 14.2. The number of hydrogen-bond acceptors (Lipinski definition) is 3. The summed E-state index contributed by atoms with van der Waals surface area (Å²) in [6, 6.07) is 7.66. The van der Waals surface area contributed by atoms with Gasteiger partial charge in [0.1, 0.15) is 16.5 Å². The van der Waals surface area contributed by atoms with Gasteiger partial charge in [0, 0.05) is 41.8 Å². The predicted octanol–water partition coefficient (Wildman–Crippen LogP) is 4.34. The molecule has 2 aromatic carbocycles. The predicted molar refractivity (Wildman–Crippen MR) is 113 cm³/mol. The molecule has 0 aliphatic carbocycles. The number of sulfonamides is 1. The molecule has 0 aromatic heterocycles. The topological polar surface area (TPSA) is 57.7 Å². The Morgan fingerprint density at radius 3 is 2.47 bits per heavy atom. The van der Waals surface area contributed by atoms with Crippen LogP contribution in [-0.4, -0.2) is 43.2 Å². The summed E-state index contributed by atoms with van der Waals surface area (Å²) >= 11 is 3.28. The van der Waals surface area contributed by atoms with E-state index in [1.807, 2.05) is 0 Å². The second-order valence-corrected chi connectivity index (χ2v) is 9.79. The van der Waals surface area contributed by atoms with E-state index in [-0.39, 0.29) is 24.2 Å². The Hall–Kier alpha value is -2.10. The molecule has 0 bridgehead atoms. The fraction of sp³-hybridized carbons (Fsp3) is 0.286. The Morgan fingerprint density at radius 2 is 1.80 bits per heavy atom. The van der Waals surface area contributed by atoms with Crippen LogP contribution < -0.4 is 0 Å². The lowest BCUT2D eigenvalue weighted by Gasteiger charge is -2.22. The molecule has 160 valence electrons. The number of carbonyl (C=O) groups excluding carboxylic acids is 1.